The van der Waals surface area contributed by atoms with Gasteiger partial charge in [0.25, 0.3) is 0 Å². The maximum absolute atomic E-state index is 11.9. The van der Waals surface area contributed by atoms with Gasteiger partial charge in [-0.25, -0.2) is 9.98 Å². The molecule has 0 saturated carbocycles. The monoisotopic (exact) mass is 353 g/mol. The Balaban J connectivity index is 2.61. The van der Waals surface area contributed by atoms with Gasteiger partial charge >= 0.3 is 0 Å². The number of rotatable bonds is 5. The molecule has 136 valence electrons. The van der Waals surface area contributed by atoms with Gasteiger partial charge in [-0.3, -0.25) is 4.79 Å². The summed E-state index contributed by atoms with van der Waals surface area (Å²) in [6, 6.07) is 0. The van der Waals surface area contributed by atoms with E-state index in [0.717, 1.165) is 17.2 Å². The van der Waals surface area contributed by atoms with E-state index < -0.39 is 0 Å². The second kappa shape index (κ2) is 8.46. The first-order valence-corrected chi connectivity index (χ1v) is 9.17. The number of hydrogen-bond donors (Lipinski definition) is 3. The van der Waals surface area contributed by atoms with Crippen molar-refractivity contribution in [1.29, 1.82) is 0 Å². The fraction of sp³-hybridized carbons (Fsp3) is 0.706. The topological polar surface area (TPSA) is 78.4 Å². The van der Waals surface area contributed by atoms with Crippen molar-refractivity contribution in [3.8, 4) is 0 Å². The lowest BCUT2D eigenvalue weighted by molar-refractivity contribution is -0.121. The highest BCUT2D eigenvalue weighted by Gasteiger charge is 2.17. The van der Waals surface area contributed by atoms with Crippen molar-refractivity contribution in [2.24, 2.45) is 4.99 Å². The molecule has 6 nitrogen and oxygen atoms in total. The second-order valence-electron chi connectivity index (χ2n) is 7.72. The zero-order valence-electron chi connectivity index (χ0n) is 15.9. The average molecular weight is 354 g/mol. The zero-order chi connectivity index (χ0) is 18.4. The number of carbonyl (C=O) groups is 1. The molecule has 0 radical (unpaired) electrons. The molecule has 0 saturated heterocycles. The highest BCUT2D eigenvalue weighted by molar-refractivity contribution is 7.09. The summed E-state index contributed by atoms with van der Waals surface area (Å²) in [5, 5.41) is 12.4. The minimum Gasteiger partial charge on any atom is -0.357 e. The van der Waals surface area contributed by atoms with Crippen molar-refractivity contribution in [3.05, 3.63) is 16.1 Å². The number of amides is 1. The van der Waals surface area contributed by atoms with E-state index in [1.54, 1.807) is 11.3 Å². The third-order valence-electron chi connectivity index (χ3n) is 2.97. The summed E-state index contributed by atoms with van der Waals surface area (Å²) in [7, 11) is 0. The van der Waals surface area contributed by atoms with E-state index >= 15 is 0 Å². The average Bonchev–Trinajstić information content (AvgIpc) is 2.89. The molecule has 0 aliphatic heterocycles. The normalized spacial score (nSPS) is 12.9. The van der Waals surface area contributed by atoms with Gasteiger partial charge in [0.05, 0.1) is 12.2 Å². The first-order valence-electron chi connectivity index (χ1n) is 8.29. The van der Waals surface area contributed by atoms with Crippen LogP contribution in [0.4, 0.5) is 0 Å². The molecule has 0 spiro atoms. The van der Waals surface area contributed by atoms with Gasteiger partial charge in [0.2, 0.25) is 5.91 Å². The molecule has 24 heavy (non-hydrogen) atoms. The molecule has 7 heteroatoms. The van der Waals surface area contributed by atoms with E-state index in [1.165, 1.54) is 0 Å². The van der Waals surface area contributed by atoms with Crippen LogP contribution in [-0.2, 0) is 16.8 Å². The summed E-state index contributed by atoms with van der Waals surface area (Å²) in [5.41, 5.74) is 0.900. The van der Waals surface area contributed by atoms with Gasteiger partial charge in [0.1, 0.15) is 11.6 Å². The number of aromatic nitrogens is 1. The van der Waals surface area contributed by atoms with Crippen LogP contribution in [0.3, 0.4) is 0 Å². The molecular formula is C17H31N5OS. The van der Waals surface area contributed by atoms with Crippen LogP contribution in [0, 0.1) is 0 Å². The Kier molecular flexibility index (Phi) is 7.20. The van der Waals surface area contributed by atoms with E-state index in [0.29, 0.717) is 12.5 Å². The summed E-state index contributed by atoms with van der Waals surface area (Å²) < 4.78 is 0. The number of nitrogens with zero attached hydrogens (tertiary/aromatic N) is 2. The van der Waals surface area contributed by atoms with E-state index in [2.05, 4.69) is 52.1 Å². The molecule has 0 atom stereocenters. The van der Waals surface area contributed by atoms with Gasteiger partial charge in [-0.2, -0.15) is 0 Å². The van der Waals surface area contributed by atoms with Crippen LogP contribution in [0.5, 0.6) is 0 Å². The molecule has 0 aliphatic carbocycles. The van der Waals surface area contributed by atoms with Crippen LogP contribution in [0.25, 0.3) is 0 Å². The molecule has 0 fully saturated rings. The van der Waals surface area contributed by atoms with Gasteiger partial charge in [-0.1, -0.05) is 20.8 Å². The van der Waals surface area contributed by atoms with E-state index in [-0.39, 0.29) is 23.4 Å². The lowest BCUT2D eigenvalue weighted by Gasteiger charge is -2.20. The van der Waals surface area contributed by atoms with Gasteiger partial charge in [0, 0.05) is 22.9 Å². The zero-order valence-corrected chi connectivity index (χ0v) is 16.7. The molecule has 0 bridgehead atoms. The smallest absolute Gasteiger partial charge is 0.242 e. The minimum absolute atomic E-state index is 0.0540. The Morgan fingerprint density at radius 1 is 1.21 bits per heavy atom. The number of guanidine groups is 1. The largest absolute Gasteiger partial charge is 0.357 e. The van der Waals surface area contributed by atoms with Crippen LogP contribution >= 0.6 is 11.3 Å². The fourth-order valence-electron chi connectivity index (χ4n) is 1.85. The van der Waals surface area contributed by atoms with Crippen LogP contribution in [0.1, 0.15) is 59.2 Å². The third kappa shape index (κ3) is 7.77. The number of carbonyl (C=O) groups excluding carboxylic acids is 1. The number of hydrogen-bond acceptors (Lipinski definition) is 4. The molecule has 0 aromatic carbocycles. The molecule has 1 aromatic heterocycles. The van der Waals surface area contributed by atoms with Crippen LogP contribution in [0.15, 0.2) is 10.4 Å². The Hall–Kier alpha value is -1.63. The van der Waals surface area contributed by atoms with Crippen molar-refractivity contribution in [3.63, 3.8) is 0 Å². The highest BCUT2D eigenvalue weighted by Crippen LogP contribution is 2.23. The molecule has 1 amide bonds. The maximum Gasteiger partial charge on any atom is 0.242 e. The summed E-state index contributed by atoms with van der Waals surface area (Å²) in [6.07, 6.45) is 0. The summed E-state index contributed by atoms with van der Waals surface area (Å²) in [5.74, 6) is 0.526. The fourth-order valence-corrected chi connectivity index (χ4v) is 2.81. The molecular weight excluding hydrogens is 322 g/mol. The summed E-state index contributed by atoms with van der Waals surface area (Å²) in [6.45, 7) is 15.7. The van der Waals surface area contributed by atoms with Crippen LogP contribution in [0.2, 0.25) is 0 Å². The third-order valence-corrected chi connectivity index (χ3v) is 3.82. The second-order valence-corrected chi connectivity index (χ2v) is 8.67. The number of thiazole rings is 1. The molecule has 1 heterocycles. The van der Waals surface area contributed by atoms with Crippen molar-refractivity contribution in [1.82, 2.24) is 20.9 Å². The molecule has 3 N–H and O–H groups in total. The Bertz CT molecular complexity index is 566. The lowest BCUT2D eigenvalue weighted by atomic mass is 9.93. The van der Waals surface area contributed by atoms with Crippen molar-refractivity contribution in [2.45, 2.75) is 66.0 Å². The first-order chi connectivity index (χ1) is 11.0. The van der Waals surface area contributed by atoms with Crippen molar-refractivity contribution < 1.29 is 4.79 Å². The molecule has 0 unspecified atom stereocenters. The van der Waals surface area contributed by atoms with Crippen LogP contribution in [-0.4, -0.2) is 35.5 Å². The van der Waals surface area contributed by atoms with Gasteiger partial charge in [-0.05, 0) is 27.7 Å². The Morgan fingerprint density at radius 3 is 2.38 bits per heavy atom. The number of nitrogens with one attached hydrogen (secondary N) is 3. The Morgan fingerprint density at radius 2 is 1.88 bits per heavy atom. The summed E-state index contributed by atoms with van der Waals surface area (Å²) in [4.78, 5) is 20.8. The van der Waals surface area contributed by atoms with Crippen molar-refractivity contribution in [2.75, 3.05) is 13.1 Å². The van der Waals surface area contributed by atoms with E-state index in [4.69, 9.17) is 0 Å². The summed E-state index contributed by atoms with van der Waals surface area (Å²) >= 11 is 1.63. The predicted molar refractivity (Wildman–Crippen MR) is 102 cm³/mol. The quantitative estimate of drug-likeness (QED) is 0.561. The van der Waals surface area contributed by atoms with Gasteiger partial charge in [-0.15, -0.1) is 11.3 Å². The van der Waals surface area contributed by atoms with E-state index in [9.17, 15) is 4.79 Å². The molecule has 0 aliphatic rings. The van der Waals surface area contributed by atoms with E-state index in [1.807, 2.05) is 27.7 Å². The van der Waals surface area contributed by atoms with Gasteiger partial charge in [0.15, 0.2) is 5.96 Å². The highest BCUT2D eigenvalue weighted by atomic mass is 32.1. The molecule has 1 aromatic rings. The lowest BCUT2D eigenvalue weighted by Crippen LogP contribution is -2.43. The molecule has 1 rings (SSSR count). The first kappa shape index (κ1) is 20.4. The van der Waals surface area contributed by atoms with Gasteiger partial charge < -0.3 is 16.0 Å². The van der Waals surface area contributed by atoms with Crippen molar-refractivity contribution >= 4 is 23.2 Å². The number of aliphatic imine (C=N–C) groups is 1. The Labute approximate surface area is 149 Å². The standard InChI is InChI=1S/C17H31N5OS/c1-8-18-15(19-9-13(23)22-17(5,6)7)20-10-14-21-12(11-24-14)16(2,3)4/h11H,8-10H2,1-7H3,(H,22,23)(H2,18,19,20). The SMILES string of the molecule is CCNC(=NCC(=O)NC(C)(C)C)NCc1nc(C(C)(C)C)cs1. The maximum atomic E-state index is 11.9. The van der Waals surface area contributed by atoms with Crippen LogP contribution < -0.4 is 16.0 Å². The predicted octanol–water partition coefficient (Wildman–Crippen LogP) is 2.41. The minimum atomic E-state index is -0.247.